The molecule has 0 heterocycles. The smallest absolute Gasteiger partial charge is 0.158 e. The van der Waals surface area contributed by atoms with Gasteiger partial charge in [-0.05, 0) is 25.3 Å². The number of rotatable bonds is 4. The maximum absolute atomic E-state index is 10.7. The molecular formula is C11H14O2. The molecule has 2 nitrogen and oxygen atoms in total. The Bertz CT molecular complexity index is 267. The summed E-state index contributed by atoms with van der Waals surface area (Å²) in [5.74, 6) is -0.157. The van der Waals surface area contributed by atoms with Crippen molar-refractivity contribution >= 4 is 5.78 Å². The van der Waals surface area contributed by atoms with Crippen LogP contribution >= 0.6 is 0 Å². The Morgan fingerprint density at radius 2 is 2.00 bits per heavy atom. The van der Waals surface area contributed by atoms with E-state index in [1.54, 1.807) is 0 Å². The van der Waals surface area contributed by atoms with Crippen LogP contribution in [-0.2, 0) is 11.2 Å². The van der Waals surface area contributed by atoms with Crippen LogP contribution in [0.1, 0.15) is 18.9 Å². The predicted molar refractivity (Wildman–Crippen MR) is 51.5 cm³/mol. The number of carbonyl (C=O) groups excluding carboxylic acids is 1. The van der Waals surface area contributed by atoms with Gasteiger partial charge >= 0.3 is 0 Å². The van der Waals surface area contributed by atoms with Crippen LogP contribution < -0.4 is 0 Å². The van der Waals surface area contributed by atoms with Crippen LogP contribution in [0, 0.1) is 0 Å². The first-order chi connectivity index (χ1) is 6.20. The zero-order chi connectivity index (χ0) is 9.68. The van der Waals surface area contributed by atoms with Crippen molar-refractivity contribution in [3.8, 4) is 0 Å². The van der Waals surface area contributed by atoms with E-state index in [4.69, 9.17) is 0 Å². The molecule has 1 aromatic rings. The Morgan fingerprint density at radius 1 is 1.38 bits per heavy atom. The summed E-state index contributed by atoms with van der Waals surface area (Å²) in [6.45, 7) is 1.41. The van der Waals surface area contributed by atoms with Gasteiger partial charge < -0.3 is 5.11 Å². The predicted octanol–water partition coefficient (Wildman–Crippen LogP) is 1.57. The summed E-state index contributed by atoms with van der Waals surface area (Å²) in [5.41, 5.74) is 1.16. The lowest BCUT2D eigenvalue weighted by atomic mass is 10.1. The molecule has 70 valence electrons. The lowest BCUT2D eigenvalue weighted by Crippen LogP contribution is -2.17. The third-order valence-corrected chi connectivity index (χ3v) is 2.02. The highest BCUT2D eigenvalue weighted by Gasteiger charge is 2.08. The molecule has 0 aliphatic rings. The Hall–Kier alpha value is -1.15. The van der Waals surface area contributed by atoms with Crippen LogP contribution in [0.2, 0.25) is 0 Å². The third-order valence-electron chi connectivity index (χ3n) is 2.02. The number of hydrogen-bond donors (Lipinski definition) is 1. The van der Waals surface area contributed by atoms with E-state index >= 15 is 0 Å². The fraction of sp³-hybridized carbons (Fsp3) is 0.364. The highest BCUT2D eigenvalue weighted by molar-refractivity contribution is 5.80. The molecular weight excluding hydrogens is 164 g/mol. The average molecular weight is 178 g/mol. The van der Waals surface area contributed by atoms with Crippen molar-refractivity contribution in [1.82, 2.24) is 0 Å². The number of ketones is 1. The number of carbonyl (C=O) groups is 1. The molecule has 1 rings (SSSR count). The molecule has 1 aromatic carbocycles. The molecule has 1 unspecified atom stereocenters. The van der Waals surface area contributed by atoms with E-state index < -0.39 is 6.10 Å². The van der Waals surface area contributed by atoms with Crippen LogP contribution in [0.25, 0.3) is 0 Å². The number of aliphatic hydroxyl groups is 1. The van der Waals surface area contributed by atoms with Crippen molar-refractivity contribution < 1.29 is 9.90 Å². The van der Waals surface area contributed by atoms with Crippen molar-refractivity contribution in [1.29, 1.82) is 0 Å². The van der Waals surface area contributed by atoms with Gasteiger partial charge in [-0.25, -0.2) is 0 Å². The number of aliphatic hydroxyl groups excluding tert-OH is 1. The van der Waals surface area contributed by atoms with Gasteiger partial charge in [0.15, 0.2) is 5.78 Å². The minimum absolute atomic E-state index is 0.157. The molecule has 0 saturated heterocycles. The van der Waals surface area contributed by atoms with Gasteiger partial charge in [-0.2, -0.15) is 0 Å². The highest BCUT2D eigenvalue weighted by Crippen LogP contribution is 2.05. The third kappa shape index (κ3) is 3.38. The summed E-state index contributed by atoms with van der Waals surface area (Å²) in [4.78, 5) is 10.7. The molecule has 0 aromatic heterocycles. The second-order valence-corrected chi connectivity index (χ2v) is 3.15. The van der Waals surface area contributed by atoms with Gasteiger partial charge in [0.05, 0.1) is 0 Å². The molecule has 0 saturated carbocycles. The fourth-order valence-electron chi connectivity index (χ4n) is 1.15. The SMILES string of the molecule is CC(=O)C(O)CCc1ccccc1. The molecule has 0 aliphatic carbocycles. The van der Waals surface area contributed by atoms with Crippen molar-refractivity contribution in [3.63, 3.8) is 0 Å². The highest BCUT2D eigenvalue weighted by atomic mass is 16.3. The zero-order valence-electron chi connectivity index (χ0n) is 7.73. The van der Waals surface area contributed by atoms with Gasteiger partial charge in [0, 0.05) is 0 Å². The fourth-order valence-corrected chi connectivity index (χ4v) is 1.15. The molecule has 13 heavy (non-hydrogen) atoms. The number of hydrogen-bond acceptors (Lipinski definition) is 2. The van der Waals surface area contributed by atoms with E-state index in [0.717, 1.165) is 12.0 Å². The van der Waals surface area contributed by atoms with Crippen molar-refractivity contribution in [2.45, 2.75) is 25.9 Å². The quantitative estimate of drug-likeness (QED) is 0.759. The average Bonchev–Trinajstić information content (AvgIpc) is 2.15. The number of aryl methyl sites for hydroxylation is 1. The van der Waals surface area contributed by atoms with Gasteiger partial charge in [-0.15, -0.1) is 0 Å². The van der Waals surface area contributed by atoms with E-state index in [0.29, 0.717) is 6.42 Å². The maximum Gasteiger partial charge on any atom is 0.158 e. The molecule has 1 N–H and O–H groups in total. The molecule has 0 radical (unpaired) electrons. The molecule has 2 heteroatoms. The lowest BCUT2D eigenvalue weighted by Gasteiger charge is -2.05. The van der Waals surface area contributed by atoms with Gasteiger partial charge in [-0.3, -0.25) is 4.79 Å². The Labute approximate surface area is 78.2 Å². The number of Topliss-reactive ketones (excluding diaryl/α,β-unsaturated/α-hetero) is 1. The standard InChI is InChI=1S/C11H14O2/c1-9(12)11(13)8-7-10-5-3-2-4-6-10/h2-6,11,13H,7-8H2,1H3. The van der Waals surface area contributed by atoms with E-state index in [-0.39, 0.29) is 5.78 Å². The summed E-state index contributed by atoms with van der Waals surface area (Å²) in [5, 5.41) is 9.24. The number of benzene rings is 1. The summed E-state index contributed by atoms with van der Waals surface area (Å²) >= 11 is 0. The summed E-state index contributed by atoms with van der Waals surface area (Å²) in [6, 6.07) is 9.84. The van der Waals surface area contributed by atoms with Gasteiger partial charge in [0.2, 0.25) is 0 Å². The van der Waals surface area contributed by atoms with E-state index in [2.05, 4.69) is 0 Å². The molecule has 0 fully saturated rings. The second kappa shape index (κ2) is 4.77. The molecule has 1 atom stereocenters. The van der Waals surface area contributed by atoms with E-state index in [1.165, 1.54) is 6.92 Å². The minimum atomic E-state index is -0.805. The van der Waals surface area contributed by atoms with Gasteiger partial charge in [0.25, 0.3) is 0 Å². The molecule has 0 bridgehead atoms. The molecule has 0 aliphatic heterocycles. The topological polar surface area (TPSA) is 37.3 Å². The van der Waals surface area contributed by atoms with Crippen LogP contribution in [-0.4, -0.2) is 17.0 Å². The summed E-state index contributed by atoms with van der Waals surface area (Å²) < 4.78 is 0. The van der Waals surface area contributed by atoms with Crippen molar-refractivity contribution in [2.24, 2.45) is 0 Å². The maximum atomic E-state index is 10.7. The summed E-state index contributed by atoms with van der Waals surface area (Å²) in [6.07, 6.45) is 0.459. The Morgan fingerprint density at radius 3 is 2.54 bits per heavy atom. The van der Waals surface area contributed by atoms with Crippen molar-refractivity contribution in [2.75, 3.05) is 0 Å². The van der Waals surface area contributed by atoms with Crippen LogP contribution in [0.4, 0.5) is 0 Å². The summed E-state index contributed by atoms with van der Waals surface area (Å²) in [7, 11) is 0. The van der Waals surface area contributed by atoms with Gasteiger partial charge in [0.1, 0.15) is 6.10 Å². The van der Waals surface area contributed by atoms with Crippen LogP contribution in [0.15, 0.2) is 30.3 Å². The molecule has 0 spiro atoms. The first-order valence-corrected chi connectivity index (χ1v) is 4.42. The largest absolute Gasteiger partial charge is 0.385 e. The first-order valence-electron chi connectivity index (χ1n) is 4.42. The monoisotopic (exact) mass is 178 g/mol. The normalized spacial score (nSPS) is 12.5. The molecule has 0 amide bonds. The van der Waals surface area contributed by atoms with E-state index in [1.807, 2.05) is 30.3 Å². The van der Waals surface area contributed by atoms with Crippen molar-refractivity contribution in [3.05, 3.63) is 35.9 Å². The van der Waals surface area contributed by atoms with Gasteiger partial charge in [-0.1, -0.05) is 30.3 Å². The Kier molecular flexibility index (Phi) is 3.65. The second-order valence-electron chi connectivity index (χ2n) is 3.15. The lowest BCUT2D eigenvalue weighted by molar-refractivity contribution is -0.125. The Balaban J connectivity index is 2.39. The van der Waals surface area contributed by atoms with Crippen LogP contribution in [0.5, 0.6) is 0 Å². The minimum Gasteiger partial charge on any atom is -0.385 e. The first kappa shape index (κ1) is 9.93. The van der Waals surface area contributed by atoms with Crippen LogP contribution in [0.3, 0.4) is 0 Å². The van der Waals surface area contributed by atoms with E-state index in [9.17, 15) is 9.90 Å². The zero-order valence-corrected chi connectivity index (χ0v) is 7.73.